The molecule has 0 spiro atoms. The zero-order valence-electron chi connectivity index (χ0n) is 14.9. The number of nitrogens with one attached hydrogen (secondary N) is 1. The van der Waals surface area contributed by atoms with E-state index in [9.17, 15) is 14.0 Å². The van der Waals surface area contributed by atoms with Gasteiger partial charge in [0.25, 0.3) is 5.91 Å². The highest BCUT2D eigenvalue weighted by Gasteiger charge is 2.30. The van der Waals surface area contributed by atoms with Gasteiger partial charge in [0.1, 0.15) is 5.82 Å². The second-order valence-corrected chi connectivity index (χ2v) is 6.72. The van der Waals surface area contributed by atoms with Crippen molar-refractivity contribution in [1.29, 1.82) is 0 Å². The molecule has 0 aromatic heterocycles. The molecule has 1 N–H and O–H groups in total. The minimum Gasteiger partial charge on any atom is -0.378 e. The van der Waals surface area contributed by atoms with Crippen LogP contribution in [-0.4, -0.2) is 43.4 Å². The van der Waals surface area contributed by atoms with Crippen molar-refractivity contribution < 1.29 is 14.0 Å². The van der Waals surface area contributed by atoms with E-state index in [0.717, 1.165) is 11.3 Å². The Balaban J connectivity index is 1.58. The van der Waals surface area contributed by atoms with Crippen LogP contribution >= 0.6 is 0 Å². The molecule has 6 heteroatoms. The first-order chi connectivity index (χ1) is 12.4. The molecule has 1 atom stereocenters. The Kier molecular flexibility index (Phi) is 5.21. The molecule has 2 amide bonds. The number of rotatable bonds is 5. The van der Waals surface area contributed by atoms with Crippen molar-refractivity contribution >= 4 is 17.5 Å². The van der Waals surface area contributed by atoms with E-state index in [2.05, 4.69) is 5.32 Å². The smallest absolute Gasteiger partial charge is 0.251 e. The summed E-state index contributed by atoms with van der Waals surface area (Å²) in [4.78, 5) is 28.2. The van der Waals surface area contributed by atoms with E-state index in [-0.39, 0.29) is 30.1 Å². The Labute approximate surface area is 152 Å². The fourth-order valence-electron chi connectivity index (χ4n) is 3.01. The second kappa shape index (κ2) is 7.56. The predicted molar refractivity (Wildman–Crippen MR) is 98.5 cm³/mol. The molecule has 1 aliphatic heterocycles. The highest BCUT2D eigenvalue weighted by Crippen LogP contribution is 2.17. The zero-order chi connectivity index (χ0) is 18.7. The first kappa shape index (κ1) is 17.9. The number of carbonyl (C=O) groups excluding carboxylic acids is 2. The third kappa shape index (κ3) is 4.20. The van der Waals surface area contributed by atoms with Crippen LogP contribution in [0.5, 0.6) is 0 Å². The topological polar surface area (TPSA) is 52.7 Å². The van der Waals surface area contributed by atoms with Crippen molar-refractivity contribution in [2.24, 2.45) is 0 Å². The fourth-order valence-corrected chi connectivity index (χ4v) is 3.01. The number of hydrogen-bond acceptors (Lipinski definition) is 3. The summed E-state index contributed by atoms with van der Waals surface area (Å²) in [7, 11) is 3.88. The van der Waals surface area contributed by atoms with Crippen LogP contribution in [0.4, 0.5) is 10.1 Å². The van der Waals surface area contributed by atoms with Gasteiger partial charge in [-0.1, -0.05) is 12.1 Å². The second-order valence-electron chi connectivity index (χ2n) is 6.72. The van der Waals surface area contributed by atoms with Crippen LogP contribution in [0.1, 0.15) is 22.3 Å². The first-order valence-corrected chi connectivity index (χ1v) is 8.53. The summed E-state index contributed by atoms with van der Waals surface area (Å²) < 4.78 is 13.0. The van der Waals surface area contributed by atoms with Gasteiger partial charge in [0.05, 0.1) is 6.04 Å². The van der Waals surface area contributed by atoms with E-state index >= 15 is 0 Å². The summed E-state index contributed by atoms with van der Waals surface area (Å²) in [6.07, 6.45) is 0.280. The van der Waals surface area contributed by atoms with Gasteiger partial charge in [0.2, 0.25) is 5.91 Å². The van der Waals surface area contributed by atoms with Crippen LogP contribution in [0.3, 0.4) is 0 Å². The molecule has 3 rings (SSSR count). The van der Waals surface area contributed by atoms with E-state index in [1.165, 1.54) is 12.1 Å². The number of anilines is 1. The molecule has 0 radical (unpaired) electrons. The van der Waals surface area contributed by atoms with Crippen molar-refractivity contribution in [3.63, 3.8) is 0 Å². The van der Waals surface area contributed by atoms with Crippen molar-refractivity contribution in [2.45, 2.75) is 19.0 Å². The molecule has 1 heterocycles. The molecule has 0 aliphatic carbocycles. The maximum Gasteiger partial charge on any atom is 0.251 e. The van der Waals surface area contributed by atoms with Crippen molar-refractivity contribution in [2.75, 3.05) is 25.5 Å². The van der Waals surface area contributed by atoms with Crippen molar-refractivity contribution in [1.82, 2.24) is 10.2 Å². The van der Waals surface area contributed by atoms with Crippen molar-refractivity contribution in [3.05, 3.63) is 65.5 Å². The molecular weight excluding hydrogens is 333 g/mol. The number of carbonyl (C=O) groups is 2. The van der Waals surface area contributed by atoms with Gasteiger partial charge in [-0.15, -0.1) is 0 Å². The van der Waals surface area contributed by atoms with Gasteiger partial charge in [-0.25, -0.2) is 4.39 Å². The van der Waals surface area contributed by atoms with Gasteiger partial charge in [0, 0.05) is 44.9 Å². The number of likely N-dealkylation sites (tertiary alicyclic amines) is 1. The Bertz CT molecular complexity index is 788. The summed E-state index contributed by atoms with van der Waals surface area (Å²) in [5, 5.41) is 2.92. The predicted octanol–water partition coefficient (Wildman–Crippen LogP) is 2.42. The van der Waals surface area contributed by atoms with Gasteiger partial charge < -0.3 is 15.1 Å². The Morgan fingerprint density at radius 2 is 1.81 bits per heavy atom. The van der Waals surface area contributed by atoms with Crippen LogP contribution in [0.25, 0.3) is 0 Å². The van der Waals surface area contributed by atoms with Gasteiger partial charge in [-0.2, -0.15) is 0 Å². The lowest BCUT2D eigenvalue weighted by molar-refractivity contribution is -0.128. The molecular formula is C20H22FN3O2. The molecule has 0 saturated carbocycles. The standard InChI is InChI=1S/C20H22FN3O2/c1-23(2)18-9-5-15(6-10-18)20(26)22-17-11-19(25)24(13-17)12-14-3-7-16(21)8-4-14/h3-10,17H,11-13H2,1-2H3,(H,22,26). The lowest BCUT2D eigenvalue weighted by Gasteiger charge is -2.17. The van der Waals surface area contributed by atoms with Crippen LogP contribution < -0.4 is 10.2 Å². The summed E-state index contributed by atoms with van der Waals surface area (Å²) >= 11 is 0. The van der Waals surface area contributed by atoms with E-state index in [1.54, 1.807) is 29.2 Å². The van der Waals surface area contributed by atoms with E-state index < -0.39 is 0 Å². The molecule has 1 fully saturated rings. The maximum absolute atomic E-state index is 13.0. The normalized spacial score (nSPS) is 16.7. The number of nitrogens with zero attached hydrogens (tertiary/aromatic N) is 2. The minimum absolute atomic E-state index is 0.0115. The van der Waals surface area contributed by atoms with Gasteiger partial charge >= 0.3 is 0 Å². The Morgan fingerprint density at radius 1 is 1.15 bits per heavy atom. The average molecular weight is 355 g/mol. The monoisotopic (exact) mass is 355 g/mol. The number of hydrogen-bond donors (Lipinski definition) is 1. The van der Waals surface area contributed by atoms with Crippen LogP contribution in [0.15, 0.2) is 48.5 Å². The van der Waals surface area contributed by atoms with Crippen LogP contribution in [0.2, 0.25) is 0 Å². The SMILES string of the molecule is CN(C)c1ccc(C(=O)NC2CC(=O)N(Cc3ccc(F)cc3)C2)cc1. The molecule has 1 saturated heterocycles. The highest BCUT2D eigenvalue weighted by molar-refractivity contribution is 5.95. The highest BCUT2D eigenvalue weighted by atomic mass is 19.1. The molecule has 1 aliphatic rings. The quantitative estimate of drug-likeness (QED) is 0.896. The van der Waals surface area contributed by atoms with E-state index in [4.69, 9.17) is 0 Å². The first-order valence-electron chi connectivity index (χ1n) is 8.53. The zero-order valence-corrected chi connectivity index (χ0v) is 14.9. The lowest BCUT2D eigenvalue weighted by Crippen LogP contribution is -2.37. The summed E-state index contributed by atoms with van der Waals surface area (Å²) in [6.45, 7) is 0.876. The lowest BCUT2D eigenvalue weighted by atomic mass is 10.1. The van der Waals surface area contributed by atoms with E-state index in [0.29, 0.717) is 18.7 Å². The Morgan fingerprint density at radius 3 is 2.42 bits per heavy atom. The molecule has 2 aromatic carbocycles. The number of halogens is 1. The van der Waals surface area contributed by atoms with Crippen LogP contribution in [0, 0.1) is 5.82 Å². The van der Waals surface area contributed by atoms with E-state index in [1.807, 2.05) is 31.1 Å². The molecule has 1 unspecified atom stereocenters. The maximum atomic E-state index is 13.0. The molecule has 2 aromatic rings. The molecule has 136 valence electrons. The van der Waals surface area contributed by atoms with Gasteiger partial charge in [0.15, 0.2) is 0 Å². The largest absolute Gasteiger partial charge is 0.378 e. The van der Waals surface area contributed by atoms with Crippen LogP contribution in [-0.2, 0) is 11.3 Å². The Hall–Kier alpha value is -2.89. The average Bonchev–Trinajstić information content (AvgIpc) is 2.96. The molecule has 26 heavy (non-hydrogen) atoms. The summed E-state index contributed by atoms with van der Waals surface area (Å²) in [5.74, 6) is -0.494. The third-order valence-electron chi connectivity index (χ3n) is 4.48. The van der Waals surface area contributed by atoms with Crippen molar-refractivity contribution in [3.8, 4) is 0 Å². The number of benzene rings is 2. The molecule has 0 bridgehead atoms. The fraction of sp³-hybridized carbons (Fsp3) is 0.300. The summed E-state index contributed by atoms with van der Waals surface area (Å²) in [6, 6.07) is 13.2. The summed E-state index contributed by atoms with van der Waals surface area (Å²) in [5.41, 5.74) is 2.45. The van der Waals surface area contributed by atoms with Gasteiger partial charge in [-0.3, -0.25) is 9.59 Å². The number of amides is 2. The minimum atomic E-state index is -0.299. The third-order valence-corrected chi connectivity index (χ3v) is 4.48. The van der Waals surface area contributed by atoms with Gasteiger partial charge in [-0.05, 0) is 42.0 Å². The molecule has 5 nitrogen and oxygen atoms in total.